The zero-order valence-electron chi connectivity index (χ0n) is 17.5. The van der Waals surface area contributed by atoms with E-state index in [1.165, 1.54) is 6.21 Å². The number of carbonyl (C=O) groups excluding carboxylic acids is 2. The monoisotopic (exact) mass is 469 g/mol. The molecule has 8 heteroatoms. The SMILES string of the molecule is Cc1cccc(NC(=O)C(=O)N/N=C\c2ccc(OCc3c(Cl)cccc3Cl)cc2)c1C. The van der Waals surface area contributed by atoms with Crippen LogP contribution in [0.25, 0.3) is 0 Å². The number of aryl methyl sites for hydroxylation is 1. The van der Waals surface area contributed by atoms with Gasteiger partial charge in [0, 0.05) is 21.3 Å². The van der Waals surface area contributed by atoms with Gasteiger partial charge in [-0.05, 0) is 73.0 Å². The highest BCUT2D eigenvalue weighted by atomic mass is 35.5. The van der Waals surface area contributed by atoms with Crippen molar-refractivity contribution in [3.05, 3.63) is 93.0 Å². The Hall–Kier alpha value is -3.35. The molecule has 0 aliphatic carbocycles. The van der Waals surface area contributed by atoms with Gasteiger partial charge in [0.05, 0.1) is 6.21 Å². The number of amides is 2. The highest BCUT2D eigenvalue weighted by Crippen LogP contribution is 2.26. The van der Waals surface area contributed by atoms with E-state index in [2.05, 4.69) is 15.8 Å². The van der Waals surface area contributed by atoms with Crippen molar-refractivity contribution < 1.29 is 14.3 Å². The van der Waals surface area contributed by atoms with E-state index in [1.54, 1.807) is 48.5 Å². The average molecular weight is 470 g/mol. The standard InChI is InChI=1S/C24H21Cl2N3O3/c1-15-5-3-8-22(16(15)2)28-23(30)24(31)29-27-13-17-9-11-18(12-10-17)32-14-19-20(25)6-4-7-21(19)26/h3-13H,14H2,1-2H3,(H,28,30)(H,29,31)/b27-13-. The molecule has 164 valence electrons. The van der Waals surface area contributed by atoms with Gasteiger partial charge in [0.15, 0.2) is 0 Å². The molecule has 0 fully saturated rings. The number of ether oxygens (including phenoxy) is 1. The summed E-state index contributed by atoms with van der Waals surface area (Å²) in [6, 6.07) is 17.8. The minimum Gasteiger partial charge on any atom is -0.489 e. The van der Waals surface area contributed by atoms with Gasteiger partial charge < -0.3 is 10.1 Å². The molecule has 0 atom stereocenters. The molecular formula is C24H21Cl2N3O3. The maximum absolute atomic E-state index is 12.1. The van der Waals surface area contributed by atoms with Crippen LogP contribution in [0.2, 0.25) is 10.0 Å². The predicted octanol–water partition coefficient (Wildman–Crippen LogP) is 5.28. The molecule has 0 spiro atoms. The van der Waals surface area contributed by atoms with Crippen molar-refractivity contribution in [2.24, 2.45) is 5.10 Å². The zero-order chi connectivity index (χ0) is 23.1. The quantitative estimate of drug-likeness (QED) is 0.292. The summed E-state index contributed by atoms with van der Waals surface area (Å²) in [4.78, 5) is 24.1. The van der Waals surface area contributed by atoms with Gasteiger partial charge in [-0.2, -0.15) is 5.10 Å². The Morgan fingerprint density at radius 3 is 2.28 bits per heavy atom. The first-order chi connectivity index (χ1) is 15.3. The lowest BCUT2D eigenvalue weighted by Gasteiger charge is -2.09. The number of benzene rings is 3. The molecule has 0 saturated heterocycles. The fourth-order valence-corrected chi connectivity index (χ4v) is 3.26. The van der Waals surface area contributed by atoms with E-state index in [0.29, 0.717) is 32.6 Å². The van der Waals surface area contributed by atoms with Gasteiger partial charge in [0.1, 0.15) is 12.4 Å². The highest BCUT2D eigenvalue weighted by Gasteiger charge is 2.14. The number of carbonyl (C=O) groups is 2. The molecule has 0 aliphatic heterocycles. The number of hydrogen-bond acceptors (Lipinski definition) is 4. The average Bonchev–Trinajstić information content (AvgIpc) is 2.77. The van der Waals surface area contributed by atoms with Crippen LogP contribution in [0.1, 0.15) is 22.3 Å². The molecule has 3 aromatic carbocycles. The minimum atomic E-state index is -0.862. The van der Waals surface area contributed by atoms with E-state index >= 15 is 0 Å². The van der Waals surface area contributed by atoms with E-state index in [4.69, 9.17) is 27.9 Å². The lowest BCUT2D eigenvalue weighted by Crippen LogP contribution is -2.32. The van der Waals surface area contributed by atoms with Crippen molar-refractivity contribution in [2.45, 2.75) is 20.5 Å². The first-order valence-electron chi connectivity index (χ1n) is 9.71. The third-order valence-corrected chi connectivity index (χ3v) is 5.47. The van der Waals surface area contributed by atoms with Crippen LogP contribution in [0.4, 0.5) is 5.69 Å². The summed E-state index contributed by atoms with van der Waals surface area (Å²) in [5.74, 6) is -1.04. The molecule has 0 heterocycles. The van der Waals surface area contributed by atoms with Crippen molar-refractivity contribution in [3.63, 3.8) is 0 Å². The smallest absolute Gasteiger partial charge is 0.329 e. The Labute approximate surface area is 196 Å². The normalized spacial score (nSPS) is 10.8. The topological polar surface area (TPSA) is 79.8 Å². The number of rotatable bonds is 6. The van der Waals surface area contributed by atoms with E-state index in [1.807, 2.05) is 26.0 Å². The fourth-order valence-electron chi connectivity index (χ4n) is 2.76. The van der Waals surface area contributed by atoms with E-state index in [-0.39, 0.29) is 6.61 Å². The Balaban J connectivity index is 1.51. The summed E-state index contributed by atoms with van der Waals surface area (Å²) in [5, 5.41) is 7.49. The van der Waals surface area contributed by atoms with Crippen LogP contribution in [-0.4, -0.2) is 18.0 Å². The molecule has 0 radical (unpaired) electrons. The van der Waals surface area contributed by atoms with Crippen LogP contribution in [-0.2, 0) is 16.2 Å². The Morgan fingerprint density at radius 1 is 0.938 bits per heavy atom. The summed E-state index contributed by atoms with van der Waals surface area (Å²) < 4.78 is 5.72. The second-order valence-electron chi connectivity index (χ2n) is 6.96. The van der Waals surface area contributed by atoms with Crippen LogP contribution in [0, 0.1) is 13.8 Å². The van der Waals surface area contributed by atoms with Crippen LogP contribution in [0.3, 0.4) is 0 Å². The molecule has 0 unspecified atom stereocenters. The Morgan fingerprint density at radius 2 is 1.59 bits per heavy atom. The van der Waals surface area contributed by atoms with Gasteiger partial charge in [-0.1, -0.05) is 41.4 Å². The van der Waals surface area contributed by atoms with Crippen LogP contribution < -0.4 is 15.5 Å². The number of hydrogen-bond donors (Lipinski definition) is 2. The Kier molecular flexibility index (Phi) is 7.87. The van der Waals surface area contributed by atoms with Crippen LogP contribution in [0.15, 0.2) is 65.8 Å². The molecule has 0 aromatic heterocycles. The van der Waals surface area contributed by atoms with Gasteiger partial charge in [-0.15, -0.1) is 0 Å². The highest BCUT2D eigenvalue weighted by molar-refractivity contribution is 6.39. The molecule has 0 aliphatic rings. The lowest BCUT2D eigenvalue weighted by molar-refractivity contribution is -0.136. The summed E-state index contributed by atoms with van der Waals surface area (Å²) in [5.41, 5.74) is 6.14. The summed E-state index contributed by atoms with van der Waals surface area (Å²) in [6.45, 7) is 4.03. The fraction of sp³-hybridized carbons (Fsp3) is 0.125. The van der Waals surface area contributed by atoms with E-state index in [0.717, 1.165) is 11.1 Å². The van der Waals surface area contributed by atoms with Gasteiger partial charge in [-0.3, -0.25) is 9.59 Å². The number of halogens is 2. The summed E-state index contributed by atoms with van der Waals surface area (Å²) >= 11 is 12.3. The summed E-state index contributed by atoms with van der Waals surface area (Å²) in [7, 11) is 0. The first-order valence-corrected chi connectivity index (χ1v) is 10.5. The third kappa shape index (κ3) is 6.09. The number of nitrogens with zero attached hydrogens (tertiary/aromatic N) is 1. The van der Waals surface area contributed by atoms with Crippen molar-refractivity contribution >= 4 is 46.9 Å². The number of hydrazone groups is 1. The molecular weight excluding hydrogens is 449 g/mol. The van der Waals surface area contributed by atoms with Gasteiger partial charge in [0.25, 0.3) is 0 Å². The maximum atomic E-state index is 12.1. The molecule has 32 heavy (non-hydrogen) atoms. The van der Waals surface area contributed by atoms with E-state index < -0.39 is 11.8 Å². The molecule has 6 nitrogen and oxygen atoms in total. The van der Waals surface area contributed by atoms with Gasteiger partial charge in [0.2, 0.25) is 0 Å². The molecule has 2 N–H and O–H groups in total. The molecule has 3 aromatic rings. The van der Waals surface area contributed by atoms with Crippen molar-refractivity contribution in [1.29, 1.82) is 0 Å². The van der Waals surface area contributed by atoms with Crippen molar-refractivity contribution in [1.82, 2.24) is 5.43 Å². The second-order valence-corrected chi connectivity index (χ2v) is 7.77. The van der Waals surface area contributed by atoms with Gasteiger partial charge in [-0.25, -0.2) is 5.43 Å². The van der Waals surface area contributed by atoms with Crippen LogP contribution >= 0.6 is 23.2 Å². The van der Waals surface area contributed by atoms with Crippen molar-refractivity contribution in [3.8, 4) is 5.75 Å². The Bertz CT molecular complexity index is 1140. The lowest BCUT2D eigenvalue weighted by atomic mass is 10.1. The molecule has 0 saturated carbocycles. The minimum absolute atomic E-state index is 0.234. The summed E-state index contributed by atoms with van der Waals surface area (Å²) in [6.07, 6.45) is 1.43. The molecule has 0 bridgehead atoms. The number of anilines is 1. The largest absolute Gasteiger partial charge is 0.489 e. The molecule has 3 rings (SSSR count). The zero-order valence-corrected chi connectivity index (χ0v) is 19.0. The van der Waals surface area contributed by atoms with Crippen LogP contribution in [0.5, 0.6) is 5.75 Å². The molecule has 2 amide bonds. The maximum Gasteiger partial charge on any atom is 0.329 e. The first kappa shape index (κ1) is 23.3. The number of nitrogens with one attached hydrogen (secondary N) is 2. The van der Waals surface area contributed by atoms with Crippen molar-refractivity contribution in [2.75, 3.05) is 5.32 Å². The third-order valence-electron chi connectivity index (χ3n) is 4.76. The predicted molar refractivity (Wildman–Crippen MR) is 128 cm³/mol. The van der Waals surface area contributed by atoms with E-state index in [9.17, 15) is 9.59 Å². The van der Waals surface area contributed by atoms with Gasteiger partial charge >= 0.3 is 11.8 Å². The second kappa shape index (κ2) is 10.8.